The van der Waals surface area contributed by atoms with E-state index in [-0.39, 0.29) is 19.0 Å². The Morgan fingerprint density at radius 2 is 1.22 bits per heavy atom. The molecule has 1 aliphatic rings. The van der Waals surface area contributed by atoms with Crippen molar-refractivity contribution < 1.29 is 18.3 Å². The summed E-state index contributed by atoms with van der Waals surface area (Å²) in [6.45, 7) is 0.226. The lowest BCUT2D eigenvalue weighted by Gasteiger charge is -2.17. The van der Waals surface area contributed by atoms with Gasteiger partial charge in [-0.15, -0.1) is 0 Å². The van der Waals surface area contributed by atoms with Gasteiger partial charge in [0.2, 0.25) is 0 Å². The molecule has 0 aliphatic carbocycles. The fourth-order valence-electron chi connectivity index (χ4n) is 2.38. The fraction of sp³-hybridized carbons (Fsp3) is 0.105. The van der Waals surface area contributed by atoms with Crippen LogP contribution in [-0.4, -0.2) is 19.0 Å². The molecule has 0 N–H and O–H groups in total. The van der Waals surface area contributed by atoms with Gasteiger partial charge in [-0.3, -0.25) is 4.79 Å². The smallest absolute Gasteiger partial charge is 0.189 e. The Hall–Kier alpha value is -2.59. The molecule has 0 unspecified atom stereocenters. The quantitative estimate of drug-likeness (QED) is 0.783. The van der Waals surface area contributed by atoms with E-state index in [1.807, 2.05) is 0 Å². The van der Waals surface area contributed by atoms with Crippen molar-refractivity contribution >= 4 is 17.9 Å². The maximum Gasteiger partial charge on any atom is 0.189 e. The first-order valence-electron chi connectivity index (χ1n) is 7.18. The summed E-state index contributed by atoms with van der Waals surface area (Å²) in [5, 5.41) is 0. The summed E-state index contributed by atoms with van der Waals surface area (Å²) >= 11 is 0. The van der Waals surface area contributed by atoms with Gasteiger partial charge in [0.25, 0.3) is 0 Å². The van der Waals surface area contributed by atoms with Gasteiger partial charge in [-0.2, -0.15) is 0 Å². The lowest BCUT2D eigenvalue weighted by molar-refractivity contribution is -0.114. The molecule has 0 bridgehead atoms. The zero-order valence-electron chi connectivity index (χ0n) is 12.3. The maximum atomic E-state index is 13.7. The van der Waals surface area contributed by atoms with Crippen molar-refractivity contribution in [2.75, 3.05) is 13.2 Å². The number of rotatable bonds is 2. The lowest BCUT2D eigenvalue weighted by Crippen LogP contribution is -2.22. The highest BCUT2D eigenvalue weighted by Gasteiger charge is 2.21. The van der Waals surface area contributed by atoms with Crippen LogP contribution < -0.4 is 0 Å². The summed E-state index contributed by atoms with van der Waals surface area (Å²) in [5.74, 6) is -1.06. The monoisotopic (exact) mass is 312 g/mol. The number of hydrogen-bond acceptors (Lipinski definition) is 2. The van der Waals surface area contributed by atoms with Crippen molar-refractivity contribution in [2.45, 2.75) is 0 Å². The minimum atomic E-state index is -0.405. The molecule has 2 aromatic rings. The number of carbonyl (C=O) groups excluding carboxylic acids is 1. The summed E-state index contributed by atoms with van der Waals surface area (Å²) < 4.78 is 32.8. The Morgan fingerprint density at radius 3 is 1.65 bits per heavy atom. The Labute approximate surface area is 132 Å². The molecule has 116 valence electrons. The third-order valence-corrected chi connectivity index (χ3v) is 3.57. The second-order valence-corrected chi connectivity index (χ2v) is 5.20. The van der Waals surface area contributed by atoms with E-state index >= 15 is 0 Å². The van der Waals surface area contributed by atoms with E-state index in [1.54, 1.807) is 36.4 Å². The Kier molecular flexibility index (Phi) is 4.44. The summed E-state index contributed by atoms with van der Waals surface area (Å²) in [6.07, 6.45) is 2.96. The van der Waals surface area contributed by atoms with Gasteiger partial charge in [-0.05, 0) is 24.3 Å². The van der Waals surface area contributed by atoms with Crippen LogP contribution in [0.25, 0.3) is 12.2 Å². The molecule has 0 saturated carbocycles. The van der Waals surface area contributed by atoms with E-state index in [9.17, 15) is 13.6 Å². The predicted molar refractivity (Wildman–Crippen MR) is 84.6 cm³/mol. The molecule has 1 saturated heterocycles. The summed E-state index contributed by atoms with van der Waals surface area (Å²) in [5.41, 5.74) is 1.35. The van der Waals surface area contributed by atoms with Crippen molar-refractivity contribution in [2.24, 2.45) is 0 Å². The normalized spacial score (nSPS) is 18.6. The summed E-state index contributed by atoms with van der Waals surface area (Å²) in [4.78, 5) is 12.5. The highest BCUT2D eigenvalue weighted by Crippen LogP contribution is 2.21. The standard InChI is InChI=1S/C19H14F2O2/c20-17-7-3-1-5-13(17)9-15-11-23-12-16(19(15)22)10-14-6-2-4-8-18(14)21/h1-10H,11-12H2/b15-9-,16-10+. The van der Waals surface area contributed by atoms with E-state index in [2.05, 4.69) is 0 Å². The first kappa shape index (κ1) is 15.3. The van der Waals surface area contributed by atoms with Crippen LogP contribution in [0, 0.1) is 11.6 Å². The molecule has 0 spiro atoms. The van der Waals surface area contributed by atoms with Crippen LogP contribution in [0.3, 0.4) is 0 Å². The zero-order valence-corrected chi connectivity index (χ0v) is 12.3. The molecule has 1 aliphatic heterocycles. The van der Waals surface area contributed by atoms with Crippen molar-refractivity contribution in [3.8, 4) is 0 Å². The van der Waals surface area contributed by atoms with E-state index in [0.29, 0.717) is 22.3 Å². The summed E-state index contributed by atoms with van der Waals surface area (Å²) in [7, 11) is 0. The van der Waals surface area contributed by atoms with E-state index in [0.717, 1.165) is 0 Å². The van der Waals surface area contributed by atoms with Gasteiger partial charge in [-0.25, -0.2) is 8.78 Å². The minimum absolute atomic E-state index is 0.113. The summed E-state index contributed by atoms with van der Waals surface area (Å²) in [6, 6.07) is 12.4. The number of ether oxygens (including phenoxy) is 1. The molecule has 1 heterocycles. The van der Waals surface area contributed by atoms with Crippen molar-refractivity contribution in [3.63, 3.8) is 0 Å². The minimum Gasteiger partial charge on any atom is -0.372 e. The molecule has 3 rings (SSSR count). The lowest BCUT2D eigenvalue weighted by atomic mass is 9.97. The molecule has 0 aromatic heterocycles. The molecule has 0 radical (unpaired) electrons. The number of Topliss-reactive ketones (excluding diaryl/α,β-unsaturated/α-hetero) is 1. The van der Waals surface area contributed by atoms with E-state index in [1.165, 1.54) is 24.3 Å². The molecule has 2 aromatic carbocycles. The molecule has 0 atom stereocenters. The van der Waals surface area contributed by atoms with Crippen LogP contribution in [-0.2, 0) is 9.53 Å². The van der Waals surface area contributed by atoms with Gasteiger partial charge in [0.05, 0.1) is 13.2 Å². The Bertz CT molecular complexity index is 741. The van der Waals surface area contributed by atoms with Crippen LogP contribution in [0.4, 0.5) is 8.78 Å². The fourth-order valence-corrected chi connectivity index (χ4v) is 2.38. The van der Waals surface area contributed by atoms with Gasteiger partial charge >= 0.3 is 0 Å². The largest absolute Gasteiger partial charge is 0.372 e. The first-order valence-corrected chi connectivity index (χ1v) is 7.18. The van der Waals surface area contributed by atoms with Crippen molar-refractivity contribution in [3.05, 3.63) is 82.4 Å². The number of ketones is 1. The first-order chi connectivity index (χ1) is 11.1. The number of hydrogen-bond donors (Lipinski definition) is 0. The van der Waals surface area contributed by atoms with Gasteiger partial charge in [-0.1, -0.05) is 36.4 Å². The molecule has 2 nitrogen and oxygen atoms in total. The number of halogens is 2. The molecular formula is C19H14F2O2. The van der Waals surface area contributed by atoms with Crippen molar-refractivity contribution in [1.82, 2.24) is 0 Å². The highest BCUT2D eigenvalue weighted by molar-refractivity contribution is 6.14. The Morgan fingerprint density at radius 1 is 0.783 bits per heavy atom. The number of carbonyl (C=O) groups is 1. The molecule has 0 amide bonds. The Balaban J connectivity index is 1.93. The van der Waals surface area contributed by atoms with Gasteiger partial charge < -0.3 is 4.74 Å². The predicted octanol–water partition coefficient (Wildman–Crippen LogP) is 4.03. The van der Waals surface area contributed by atoms with Crippen molar-refractivity contribution in [1.29, 1.82) is 0 Å². The average Bonchev–Trinajstić information content (AvgIpc) is 2.55. The number of benzene rings is 2. The van der Waals surface area contributed by atoms with Gasteiger partial charge in [0, 0.05) is 22.3 Å². The highest BCUT2D eigenvalue weighted by atomic mass is 19.1. The van der Waals surface area contributed by atoms with Crippen LogP contribution in [0.2, 0.25) is 0 Å². The topological polar surface area (TPSA) is 26.3 Å². The van der Waals surface area contributed by atoms with E-state index < -0.39 is 11.6 Å². The van der Waals surface area contributed by atoms with Crippen LogP contribution in [0.5, 0.6) is 0 Å². The zero-order chi connectivity index (χ0) is 16.2. The van der Waals surface area contributed by atoms with E-state index in [4.69, 9.17) is 4.74 Å². The second kappa shape index (κ2) is 6.67. The van der Waals surface area contributed by atoms with Gasteiger partial charge in [0.1, 0.15) is 11.6 Å². The molecule has 1 fully saturated rings. The maximum absolute atomic E-state index is 13.7. The molecule has 23 heavy (non-hydrogen) atoms. The van der Waals surface area contributed by atoms with Gasteiger partial charge in [0.15, 0.2) is 5.78 Å². The second-order valence-electron chi connectivity index (χ2n) is 5.20. The average molecular weight is 312 g/mol. The third kappa shape index (κ3) is 3.43. The third-order valence-electron chi connectivity index (χ3n) is 3.57. The van der Waals surface area contributed by atoms with Crippen LogP contribution in [0.15, 0.2) is 59.7 Å². The molecular weight excluding hydrogens is 298 g/mol. The van der Waals surface area contributed by atoms with Crippen LogP contribution in [0.1, 0.15) is 11.1 Å². The molecule has 4 heteroatoms. The van der Waals surface area contributed by atoms with Crippen LogP contribution >= 0.6 is 0 Å². The SMILES string of the molecule is O=C1/C(=C\c2ccccc2F)COC/C1=C\c1ccccc1F.